The summed E-state index contributed by atoms with van der Waals surface area (Å²) in [4.78, 5) is 5.31. The van der Waals surface area contributed by atoms with Gasteiger partial charge in [-0.05, 0) is 58.9 Å². The van der Waals surface area contributed by atoms with Gasteiger partial charge in [-0.1, -0.05) is 11.8 Å². The lowest BCUT2D eigenvalue weighted by molar-refractivity contribution is 0.621. The highest BCUT2D eigenvalue weighted by molar-refractivity contribution is 9.10. The summed E-state index contributed by atoms with van der Waals surface area (Å²) in [5.41, 5.74) is 0.937. The summed E-state index contributed by atoms with van der Waals surface area (Å²) in [6.45, 7) is 0.636. The maximum absolute atomic E-state index is 13.2. The molecule has 1 heterocycles. The van der Waals surface area contributed by atoms with Gasteiger partial charge >= 0.3 is 0 Å². The van der Waals surface area contributed by atoms with E-state index in [1.54, 1.807) is 18.3 Å². The van der Waals surface area contributed by atoms with Gasteiger partial charge in [-0.25, -0.2) is 9.37 Å². The van der Waals surface area contributed by atoms with E-state index in [-0.39, 0.29) is 5.82 Å². The summed E-state index contributed by atoms with van der Waals surface area (Å²) in [5.74, 6) is -0.214. The highest BCUT2D eigenvalue weighted by atomic mass is 79.9. The monoisotopic (exact) mass is 326 g/mol. The van der Waals surface area contributed by atoms with E-state index >= 15 is 0 Å². The molecule has 94 valence electrons. The van der Waals surface area contributed by atoms with Crippen LogP contribution in [0.1, 0.15) is 5.56 Å². The molecule has 2 aromatic rings. The van der Waals surface area contributed by atoms with Crippen LogP contribution in [0.25, 0.3) is 0 Å². The third kappa shape index (κ3) is 3.54. The molecule has 1 aromatic carbocycles. The van der Waals surface area contributed by atoms with E-state index in [9.17, 15) is 4.39 Å². The van der Waals surface area contributed by atoms with Crippen LogP contribution in [-0.4, -0.2) is 12.0 Å². The van der Waals surface area contributed by atoms with Gasteiger partial charge < -0.3 is 5.32 Å². The zero-order chi connectivity index (χ0) is 13.0. The number of benzene rings is 1. The molecule has 0 aliphatic heterocycles. The van der Waals surface area contributed by atoms with Gasteiger partial charge in [-0.3, -0.25) is 0 Å². The average molecular weight is 327 g/mol. The predicted molar refractivity (Wildman–Crippen MR) is 75.2 cm³/mol. The topological polar surface area (TPSA) is 24.9 Å². The van der Waals surface area contributed by atoms with E-state index in [0.717, 1.165) is 20.0 Å². The molecule has 0 saturated carbocycles. The Morgan fingerprint density at radius 3 is 2.83 bits per heavy atom. The van der Waals surface area contributed by atoms with Gasteiger partial charge in [0.15, 0.2) is 0 Å². The minimum Gasteiger partial charge on any atom is -0.316 e. The van der Waals surface area contributed by atoms with E-state index in [1.807, 2.05) is 19.2 Å². The first-order chi connectivity index (χ1) is 8.69. The number of halogens is 2. The molecule has 18 heavy (non-hydrogen) atoms. The van der Waals surface area contributed by atoms with Gasteiger partial charge in [0.25, 0.3) is 0 Å². The molecule has 0 atom stereocenters. The normalized spacial score (nSPS) is 10.6. The molecule has 0 saturated heterocycles. The van der Waals surface area contributed by atoms with Crippen LogP contribution in [0.2, 0.25) is 0 Å². The van der Waals surface area contributed by atoms with Crippen LogP contribution in [0.3, 0.4) is 0 Å². The van der Waals surface area contributed by atoms with Crippen molar-refractivity contribution in [2.45, 2.75) is 16.5 Å². The van der Waals surface area contributed by atoms with Crippen molar-refractivity contribution in [3.63, 3.8) is 0 Å². The first-order valence-corrected chi connectivity index (χ1v) is 7.02. The van der Waals surface area contributed by atoms with Crippen LogP contribution in [0.4, 0.5) is 4.39 Å². The molecule has 0 amide bonds. The Balaban J connectivity index is 2.25. The van der Waals surface area contributed by atoms with Gasteiger partial charge in [0, 0.05) is 22.1 Å². The third-order valence-electron chi connectivity index (χ3n) is 2.30. The molecule has 0 bridgehead atoms. The van der Waals surface area contributed by atoms with E-state index in [2.05, 4.69) is 26.2 Å². The molecule has 2 nitrogen and oxygen atoms in total. The van der Waals surface area contributed by atoms with Crippen molar-refractivity contribution >= 4 is 27.7 Å². The minimum absolute atomic E-state index is 0.214. The van der Waals surface area contributed by atoms with Gasteiger partial charge in [-0.2, -0.15) is 0 Å². The minimum atomic E-state index is -0.214. The van der Waals surface area contributed by atoms with Gasteiger partial charge in [0.05, 0.1) is 0 Å². The maximum Gasteiger partial charge on any atom is 0.123 e. The Labute approximate surface area is 118 Å². The smallest absolute Gasteiger partial charge is 0.123 e. The molecular formula is C13H12BrFN2S. The fourth-order valence-electron chi connectivity index (χ4n) is 1.51. The highest BCUT2D eigenvalue weighted by Gasteiger charge is 2.06. The Kier molecular flexibility index (Phi) is 4.74. The van der Waals surface area contributed by atoms with Crippen molar-refractivity contribution < 1.29 is 4.39 Å². The molecule has 1 N–H and O–H groups in total. The van der Waals surface area contributed by atoms with Crippen LogP contribution in [-0.2, 0) is 6.54 Å². The predicted octanol–water partition coefficient (Wildman–Crippen LogP) is 3.85. The molecule has 0 spiro atoms. The summed E-state index contributed by atoms with van der Waals surface area (Å²) < 4.78 is 14.1. The lowest BCUT2D eigenvalue weighted by Gasteiger charge is -2.08. The van der Waals surface area contributed by atoms with Gasteiger partial charge in [0.1, 0.15) is 10.8 Å². The average Bonchev–Trinajstić information content (AvgIpc) is 2.36. The van der Waals surface area contributed by atoms with Gasteiger partial charge in [0.2, 0.25) is 0 Å². The second-order valence-corrected chi connectivity index (χ2v) is 5.68. The van der Waals surface area contributed by atoms with E-state index in [4.69, 9.17) is 0 Å². The van der Waals surface area contributed by atoms with Crippen molar-refractivity contribution in [2.24, 2.45) is 0 Å². The fraction of sp³-hybridized carbons (Fsp3) is 0.154. The number of aromatic nitrogens is 1. The summed E-state index contributed by atoms with van der Waals surface area (Å²) in [7, 11) is 1.84. The summed E-state index contributed by atoms with van der Waals surface area (Å²) in [6, 6.07) is 8.69. The third-order valence-corrected chi connectivity index (χ3v) is 3.84. The zero-order valence-corrected chi connectivity index (χ0v) is 12.2. The highest BCUT2D eigenvalue weighted by Crippen LogP contribution is 2.30. The first-order valence-electron chi connectivity index (χ1n) is 5.41. The van der Waals surface area contributed by atoms with E-state index in [1.165, 1.54) is 17.8 Å². The number of hydrogen-bond acceptors (Lipinski definition) is 3. The molecular weight excluding hydrogens is 315 g/mol. The summed E-state index contributed by atoms with van der Waals surface area (Å²) in [5, 5.41) is 3.93. The van der Waals surface area contributed by atoms with Crippen LogP contribution in [0.5, 0.6) is 0 Å². The Morgan fingerprint density at radius 2 is 2.17 bits per heavy atom. The molecule has 5 heteroatoms. The maximum atomic E-state index is 13.2. The van der Waals surface area contributed by atoms with Gasteiger partial charge in [-0.15, -0.1) is 0 Å². The van der Waals surface area contributed by atoms with Crippen molar-refractivity contribution in [3.8, 4) is 0 Å². The van der Waals surface area contributed by atoms with E-state index in [0.29, 0.717) is 6.54 Å². The van der Waals surface area contributed by atoms with Crippen LogP contribution in [0, 0.1) is 5.82 Å². The number of hydrogen-bond donors (Lipinski definition) is 1. The van der Waals surface area contributed by atoms with E-state index < -0.39 is 0 Å². The second-order valence-electron chi connectivity index (χ2n) is 3.70. The number of pyridine rings is 1. The zero-order valence-electron chi connectivity index (χ0n) is 9.78. The largest absolute Gasteiger partial charge is 0.316 e. The van der Waals surface area contributed by atoms with Crippen molar-refractivity contribution in [1.29, 1.82) is 0 Å². The lowest BCUT2D eigenvalue weighted by atomic mass is 10.2. The quantitative estimate of drug-likeness (QED) is 0.923. The summed E-state index contributed by atoms with van der Waals surface area (Å²) in [6.07, 6.45) is 1.75. The summed E-state index contributed by atoms with van der Waals surface area (Å²) >= 11 is 4.88. The van der Waals surface area contributed by atoms with Crippen molar-refractivity contribution in [1.82, 2.24) is 10.3 Å². The first kappa shape index (κ1) is 13.5. The molecule has 0 aliphatic carbocycles. The number of nitrogens with zero attached hydrogens (tertiary/aromatic N) is 1. The molecule has 1 aromatic heterocycles. The van der Waals surface area contributed by atoms with Crippen LogP contribution >= 0.6 is 27.7 Å². The number of nitrogens with one attached hydrogen (secondary N) is 1. The molecule has 0 fully saturated rings. The molecule has 0 radical (unpaired) electrons. The Hall–Kier alpha value is -0.910. The van der Waals surface area contributed by atoms with Crippen LogP contribution < -0.4 is 5.32 Å². The Morgan fingerprint density at radius 1 is 1.33 bits per heavy atom. The van der Waals surface area contributed by atoms with Crippen LogP contribution in [0.15, 0.2) is 50.9 Å². The number of rotatable bonds is 4. The van der Waals surface area contributed by atoms with Crippen molar-refractivity contribution in [3.05, 3.63) is 52.4 Å². The standard InChI is InChI=1S/C13H12BrFN2S/c1-16-7-9-6-11(15)3-4-12(9)18-13-5-2-10(14)8-17-13/h2-6,8,16H,7H2,1H3. The molecule has 0 aliphatic rings. The lowest BCUT2D eigenvalue weighted by Crippen LogP contribution is -2.06. The molecule has 0 unspecified atom stereocenters. The SMILES string of the molecule is CNCc1cc(F)ccc1Sc1ccc(Br)cn1. The second kappa shape index (κ2) is 6.31. The Bertz CT molecular complexity index is 531. The fourth-order valence-corrected chi connectivity index (χ4v) is 2.61. The molecule has 2 rings (SSSR count). The van der Waals surface area contributed by atoms with Crippen molar-refractivity contribution in [2.75, 3.05) is 7.05 Å².